The summed E-state index contributed by atoms with van der Waals surface area (Å²) in [5.41, 5.74) is 7.11. The second-order valence-electron chi connectivity index (χ2n) is 18.7. The Bertz CT molecular complexity index is 4230. The summed E-state index contributed by atoms with van der Waals surface area (Å²) in [6.07, 6.45) is -6.58. The van der Waals surface area contributed by atoms with Gasteiger partial charge < -0.3 is 32.1 Å². The maximum Gasteiger partial charge on any atom is 1.00 e. The van der Waals surface area contributed by atoms with Gasteiger partial charge in [0.15, 0.2) is 17.1 Å². The second kappa shape index (κ2) is 38.8. The molecule has 0 aliphatic carbocycles. The number of aromatic amines is 1. The minimum atomic E-state index is -4.80. The Morgan fingerprint density at radius 3 is 1.48 bits per heavy atom. The number of nitrogens with zero attached hydrogens (tertiary/aromatic N) is 9. The average molecular weight is 1470 g/mol. The molecule has 0 spiro atoms. The van der Waals surface area contributed by atoms with E-state index in [1.54, 1.807) is 79.7 Å². The van der Waals surface area contributed by atoms with Crippen molar-refractivity contribution < 1.29 is 188 Å². The number of anilines is 1. The third-order valence-corrected chi connectivity index (χ3v) is 13.2. The van der Waals surface area contributed by atoms with Crippen LogP contribution in [-0.4, -0.2) is 94.4 Å². The van der Waals surface area contributed by atoms with Crippen molar-refractivity contribution in [2.24, 2.45) is 0 Å². The fourth-order valence-corrected chi connectivity index (χ4v) is 9.01. The molecule has 7 heterocycles. The van der Waals surface area contributed by atoms with Crippen molar-refractivity contribution in [1.82, 2.24) is 55.0 Å². The number of hydrogen-bond donors (Lipinski definition) is 3. The average Bonchev–Trinajstić information content (AvgIpc) is 1.71. The number of hydrogen-bond acceptors (Lipinski definition) is 16. The zero-order valence-electron chi connectivity index (χ0n) is 52.7. The number of esters is 2. The van der Waals surface area contributed by atoms with E-state index in [1.165, 1.54) is 26.2 Å². The summed E-state index contributed by atoms with van der Waals surface area (Å²) in [7, 11) is -1.00. The Kier molecular flexibility index (Phi) is 33.3. The molecule has 0 atom stereocenters. The first-order valence-corrected chi connectivity index (χ1v) is 28.1. The van der Waals surface area contributed by atoms with Crippen molar-refractivity contribution in [1.29, 1.82) is 0 Å². The number of benzene rings is 3. The van der Waals surface area contributed by atoms with Gasteiger partial charge in [0.25, 0.3) is 12.4 Å². The van der Waals surface area contributed by atoms with Gasteiger partial charge in [-0.3, -0.25) is 43.4 Å². The molecule has 7 aromatic heterocycles. The van der Waals surface area contributed by atoms with Crippen molar-refractivity contribution in [2.45, 2.75) is 71.7 Å². The van der Waals surface area contributed by atoms with E-state index in [2.05, 4.69) is 54.9 Å². The summed E-state index contributed by atoms with van der Waals surface area (Å²) in [6.45, 7) is 6.42. The van der Waals surface area contributed by atoms with Crippen molar-refractivity contribution >= 4 is 109 Å². The molecule has 0 aliphatic heterocycles. The van der Waals surface area contributed by atoms with Gasteiger partial charge >= 0.3 is 133 Å². The summed E-state index contributed by atoms with van der Waals surface area (Å²) in [6, 6.07) is 23.3. The van der Waals surface area contributed by atoms with Crippen molar-refractivity contribution in [3.8, 4) is 0 Å². The first-order valence-electron chi connectivity index (χ1n) is 27.1. The van der Waals surface area contributed by atoms with E-state index in [-0.39, 0.29) is 144 Å². The number of ether oxygens (including phenoxy) is 2. The van der Waals surface area contributed by atoms with Crippen LogP contribution in [0.1, 0.15) is 98.3 Å². The number of fused-ring (bicyclic) bond motifs is 3. The van der Waals surface area contributed by atoms with Crippen molar-refractivity contribution in [3.05, 3.63) is 198 Å². The predicted molar refractivity (Wildman–Crippen MR) is 323 cm³/mol. The zero-order valence-corrected chi connectivity index (χ0v) is 59.9. The Balaban J connectivity index is 0.000000448. The fraction of sp³-hybridized carbons (Fsp3) is 0.237. The number of H-pyrrole nitrogens is 1. The van der Waals surface area contributed by atoms with Gasteiger partial charge in [0.1, 0.15) is 16.9 Å². The molecule has 4 N–H and O–H groups in total. The van der Waals surface area contributed by atoms with Gasteiger partial charge in [-0.05, 0) is 116 Å². The number of nitrogens with one attached hydrogen (secondary N) is 2. The maximum absolute atomic E-state index is 13.6. The molecule has 0 fully saturated rings. The molecular formula is C59H52Cl4F10K2N12O8. The Labute approximate surface area is 641 Å². The molecule has 10 aromatic rings. The number of pyridine rings is 4. The zero-order chi connectivity index (χ0) is 69.7. The molecule has 36 heteroatoms. The molecule has 95 heavy (non-hydrogen) atoms. The van der Waals surface area contributed by atoms with E-state index in [1.807, 2.05) is 24.3 Å². The Morgan fingerprint density at radius 2 is 1.08 bits per heavy atom. The number of rotatable bonds is 13. The number of nitrogens with two attached hydrogens (primary N) is 1. The molecule has 1 amide bonds. The molecule has 0 radical (unpaired) electrons. The minimum absolute atomic E-state index is 0. The van der Waals surface area contributed by atoms with Crippen LogP contribution in [0, 0.1) is 13.8 Å². The maximum atomic E-state index is 13.6. The summed E-state index contributed by atoms with van der Waals surface area (Å²) in [5, 5.41) is 27.1. The quantitative estimate of drug-likeness (QED) is 0.0193. The standard InChI is InChI=1S/C23H20ClF3N6O.C17H13ClF3N3O2.C10H7Cl2N.C7H7F3N2O2.CH3F.CH2O3.2K.H/c1-12-5-20(28)31-13(2)17(12)9-30-22(34)18-11-33(32-21(18)23(25,26)27)10-14-3-4-19-15(6-14)7-16(24)8-29-19;1-2-26-16(25)13-9-24(23-15(13)17(19,20)21)8-10-3-4-14-11(5-10)6-12(18)7-22-14;11-5-7-1-2-10-8(3-7)4-9(12)6-13-10;1-2-14-6(13)4-3-11-12-5(4)7(8,9)10;1-2;2-1-4-3;;;/h3-8,11H,9-10H2,1-2H3,(H2,28,31)(H,30,34);3-7,9H,2,8H2,1H3;1-4,6H,5H2;3H,2H2,1H3,(H,11,12);1H3;1,3H;;;/q;;;;;;2*+1;-1/p-1/i;;;;1D;;;;. The van der Waals surface area contributed by atoms with Gasteiger partial charge in [-0.1, -0.05) is 53.0 Å². The number of nitrogen functional groups attached to an aromatic ring is 1. The van der Waals surface area contributed by atoms with Crippen LogP contribution in [0.15, 0.2) is 116 Å². The van der Waals surface area contributed by atoms with E-state index >= 15 is 0 Å². The number of alkyl halides is 11. The van der Waals surface area contributed by atoms with Gasteiger partial charge in [-0.25, -0.2) is 14.6 Å². The summed E-state index contributed by atoms with van der Waals surface area (Å²) in [4.78, 5) is 63.4. The number of aromatic nitrogens is 10. The first-order chi connectivity index (χ1) is 44.4. The summed E-state index contributed by atoms with van der Waals surface area (Å²) >= 11 is 23.4. The van der Waals surface area contributed by atoms with Crippen LogP contribution in [0.25, 0.3) is 32.7 Å². The number of carbonyl (C=O) groups excluding carboxylic acids is 4. The van der Waals surface area contributed by atoms with Crippen LogP contribution in [0.2, 0.25) is 15.1 Å². The normalized spacial score (nSPS) is 11.0. The monoisotopic (exact) mass is 1470 g/mol. The van der Waals surface area contributed by atoms with Crippen LogP contribution >= 0.6 is 46.4 Å². The SMILES string of the molecule is CCOC(=O)c1cn(Cc2ccc3ncc(Cl)cc3c2)nc1C(F)(F)F.CCOC(=O)c1cn[nH]c1C(F)(F)F.Cc1cc(N)nc(C)c1CNC(=O)c1cn(Cc2ccc3ncc(Cl)cc3c2)nc1C(F)(F)F.ClCc1ccc2ncc(Cl)cc2c1.O=CO[O-].[2H]CF.[H-].[K+].[K+]. The molecular weight excluding hydrogens is 1410 g/mol. The van der Waals surface area contributed by atoms with E-state index < -0.39 is 77.3 Å². The van der Waals surface area contributed by atoms with E-state index in [9.17, 15) is 58.3 Å². The fourth-order valence-electron chi connectivity index (χ4n) is 8.35. The predicted octanol–water partition coefficient (Wildman–Crippen LogP) is 7.38. The third-order valence-electron chi connectivity index (χ3n) is 12.2. The Hall–Kier alpha value is -5.96. The number of aryl methyl sites for hydroxylation is 2. The van der Waals surface area contributed by atoms with E-state index in [4.69, 9.17) is 63.6 Å². The molecule has 20 nitrogen and oxygen atoms in total. The van der Waals surface area contributed by atoms with Crippen LogP contribution in [0.4, 0.5) is 49.7 Å². The molecule has 0 saturated carbocycles. The van der Waals surface area contributed by atoms with Gasteiger partial charge in [-0.15, -0.1) is 11.6 Å². The minimum Gasteiger partial charge on any atom is -1.00 e. The summed E-state index contributed by atoms with van der Waals surface area (Å²) < 4.78 is 144. The van der Waals surface area contributed by atoms with Gasteiger partial charge in [0.05, 0.1) is 78.2 Å². The van der Waals surface area contributed by atoms with Crippen LogP contribution in [0.3, 0.4) is 0 Å². The molecule has 3 aromatic carbocycles. The number of halogens is 14. The molecule has 0 aliphatic rings. The van der Waals surface area contributed by atoms with Crippen LogP contribution in [0.5, 0.6) is 0 Å². The van der Waals surface area contributed by atoms with E-state index in [0.717, 1.165) is 60.8 Å². The smallest absolute Gasteiger partial charge is 1.00 e. The third kappa shape index (κ3) is 24.8. The van der Waals surface area contributed by atoms with Gasteiger partial charge in [0.2, 0.25) is 0 Å². The molecule has 0 saturated heterocycles. The Morgan fingerprint density at radius 1 is 0.674 bits per heavy atom. The van der Waals surface area contributed by atoms with Crippen molar-refractivity contribution in [2.75, 3.05) is 26.1 Å². The largest absolute Gasteiger partial charge is 1.00 e. The number of carbonyl (C=O) groups is 4. The van der Waals surface area contributed by atoms with Crippen LogP contribution in [-0.2, 0) is 63.2 Å². The van der Waals surface area contributed by atoms with Gasteiger partial charge in [0, 0.05) is 65.3 Å². The molecule has 0 unspecified atom stereocenters. The summed E-state index contributed by atoms with van der Waals surface area (Å²) in [5.74, 6) is -2.13. The topological polar surface area (TPSA) is 273 Å². The second-order valence-corrected chi connectivity index (χ2v) is 20.3. The molecule has 0 bridgehead atoms. The van der Waals surface area contributed by atoms with Crippen molar-refractivity contribution in [3.63, 3.8) is 0 Å². The number of amides is 1. The van der Waals surface area contributed by atoms with Gasteiger partial charge in [-0.2, -0.15) is 54.8 Å². The molecule has 10 rings (SSSR count). The molecule has 496 valence electrons. The van der Waals surface area contributed by atoms with Crippen LogP contribution < -0.4 is 119 Å². The first kappa shape index (κ1) is 81.5. The van der Waals surface area contributed by atoms with E-state index in [0.29, 0.717) is 60.2 Å².